The first-order valence-corrected chi connectivity index (χ1v) is 8.40. The predicted molar refractivity (Wildman–Crippen MR) is 92.2 cm³/mol. The molecule has 1 aliphatic heterocycles. The molecule has 142 valence electrons. The summed E-state index contributed by atoms with van der Waals surface area (Å²) in [5, 5.41) is 2.71. The van der Waals surface area contributed by atoms with E-state index in [9.17, 15) is 18.8 Å². The number of urea groups is 1. The Morgan fingerprint density at radius 1 is 1.30 bits per heavy atom. The molecule has 0 saturated carbocycles. The van der Waals surface area contributed by atoms with Gasteiger partial charge in [0.1, 0.15) is 28.4 Å². The van der Waals surface area contributed by atoms with Crippen LogP contribution >= 0.6 is 0 Å². The summed E-state index contributed by atoms with van der Waals surface area (Å²) in [4.78, 5) is 38.3. The molecule has 0 aliphatic carbocycles. The van der Waals surface area contributed by atoms with Crippen LogP contribution in [0.4, 0.5) is 9.18 Å². The van der Waals surface area contributed by atoms with Gasteiger partial charge < -0.3 is 14.5 Å². The lowest BCUT2D eigenvalue weighted by molar-refractivity contribution is -0.132. The van der Waals surface area contributed by atoms with Crippen molar-refractivity contribution in [3.63, 3.8) is 0 Å². The van der Waals surface area contributed by atoms with Crippen molar-refractivity contribution in [1.82, 2.24) is 10.2 Å². The quantitative estimate of drug-likeness (QED) is 0.642. The summed E-state index contributed by atoms with van der Waals surface area (Å²) in [6, 6.07) is 6.31. The summed E-state index contributed by atoms with van der Waals surface area (Å²) in [6.45, 7) is 3.22. The number of carbonyl (C=O) groups is 3. The van der Waals surface area contributed by atoms with E-state index in [0.717, 1.165) is 4.90 Å². The fraction of sp³-hybridized carbons (Fsp3) is 0.316. The van der Waals surface area contributed by atoms with Gasteiger partial charge in [0.2, 0.25) is 0 Å². The Morgan fingerprint density at radius 2 is 1.96 bits per heavy atom. The van der Waals surface area contributed by atoms with Crippen LogP contribution in [0.25, 0.3) is 0 Å². The third kappa shape index (κ3) is 3.07. The van der Waals surface area contributed by atoms with E-state index in [1.165, 1.54) is 37.4 Å². The monoisotopic (exact) mass is 374 g/mol. The Bertz CT molecular complexity index is 905. The molecule has 1 fully saturated rings. The average molecular weight is 374 g/mol. The van der Waals surface area contributed by atoms with Crippen molar-refractivity contribution < 1.29 is 27.9 Å². The van der Waals surface area contributed by atoms with Crippen LogP contribution in [0, 0.1) is 12.7 Å². The number of nitrogens with one attached hydrogen (secondary N) is 1. The fourth-order valence-electron chi connectivity index (χ4n) is 3.23. The summed E-state index contributed by atoms with van der Waals surface area (Å²) in [5.41, 5.74) is -0.532. The summed E-state index contributed by atoms with van der Waals surface area (Å²) in [7, 11) is 1.25. The van der Waals surface area contributed by atoms with Gasteiger partial charge in [0.15, 0.2) is 0 Å². The lowest BCUT2D eigenvalue weighted by Gasteiger charge is -2.25. The molecular formula is C19H19FN2O5. The van der Waals surface area contributed by atoms with Crippen molar-refractivity contribution in [3.8, 4) is 0 Å². The summed E-state index contributed by atoms with van der Waals surface area (Å²) in [5.74, 6) is -0.837. The average Bonchev–Trinajstić information content (AvgIpc) is 3.14. The number of halogens is 1. The summed E-state index contributed by atoms with van der Waals surface area (Å²) < 4.78 is 23.4. The van der Waals surface area contributed by atoms with E-state index in [4.69, 9.17) is 4.42 Å². The van der Waals surface area contributed by atoms with E-state index in [2.05, 4.69) is 10.1 Å². The number of hydrogen-bond donors (Lipinski definition) is 1. The van der Waals surface area contributed by atoms with Crippen molar-refractivity contribution in [2.45, 2.75) is 32.4 Å². The van der Waals surface area contributed by atoms with Crippen LogP contribution in [0.2, 0.25) is 0 Å². The maximum atomic E-state index is 13.2. The van der Waals surface area contributed by atoms with Gasteiger partial charge in [0.05, 0.1) is 13.7 Å². The van der Waals surface area contributed by atoms with E-state index in [0.29, 0.717) is 17.7 Å². The van der Waals surface area contributed by atoms with Gasteiger partial charge in [-0.15, -0.1) is 0 Å². The Balaban J connectivity index is 1.90. The van der Waals surface area contributed by atoms with Crippen molar-refractivity contribution in [2.75, 3.05) is 7.11 Å². The van der Waals surface area contributed by atoms with Gasteiger partial charge in [-0.05, 0) is 37.1 Å². The molecule has 3 rings (SSSR count). The number of hydrogen-bond acceptors (Lipinski definition) is 5. The van der Waals surface area contributed by atoms with E-state index in [1.807, 2.05) is 0 Å². The van der Waals surface area contributed by atoms with Gasteiger partial charge in [-0.3, -0.25) is 9.69 Å². The van der Waals surface area contributed by atoms with Crippen LogP contribution in [-0.4, -0.2) is 29.9 Å². The number of aryl methyl sites for hydroxylation is 1. The van der Waals surface area contributed by atoms with Crippen LogP contribution in [-0.2, 0) is 21.6 Å². The first-order valence-electron chi connectivity index (χ1n) is 8.40. The maximum Gasteiger partial charge on any atom is 0.341 e. The number of furan rings is 1. The minimum atomic E-state index is -1.27. The highest BCUT2D eigenvalue weighted by Gasteiger charge is 2.51. The number of rotatable bonds is 5. The molecule has 7 nitrogen and oxygen atoms in total. The Kier molecular flexibility index (Phi) is 4.73. The number of benzene rings is 1. The van der Waals surface area contributed by atoms with Crippen molar-refractivity contribution in [2.24, 2.45) is 0 Å². The number of amides is 3. The van der Waals surface area contributed by atoms with Gasteiger partial charge in [0.25, 0.3) is 5.91 Å². The molecule has 1 N–H and O–H groups in total. The first kappa shape index (κ1) is 18.6. The molecule has 1 aliphatic rings. The normalized spacial score (nSPS) is 19.3. The SMILES string of the molecule is CC[C@@]1(c2ccc(F)cc2)NC(=O)N(Cc2cc(C(=O)OC)c(C)o2)C1=O. The number of esters is 1. The third-order valence-electron chi connectivity index (χ3n) is 4.73. The molecule has 1 aromatic carbocycles. The lowest BCUT2D eigenvalue weighted by Crippen LogP contribution is -2.43. The second-order valence-corrected chi connectivity index (χ2v) is 6.26. The number of carbonyl (C=O) groups excluding carboxylic acids is 3. The molecule has 1 aromatic heterocycles. The Labute approximate surface area is 155 Å². The highest BCUT2D eigenvalue weighted by atomic mass is 19.1. The molecule has 0 spiro atoms. The summed E-state index contributed by atoms with van der Waals surface area (Å²) >= 11 is 0. The standard InChI is InChI=1S/C19H19FN2O5/c1-4-19(12-5-7-13(20)8-6-12)17(24)22(18(25)21-19)10-14-9-15(11(2)27-14)16(23)26-3/h5-9H,4,10H2,1-3H3,(H,21,25)/t19-/m0/s1. The lowest BCUT2D eigenvalue weighted by atomic mass is 9.87. The van der Waals surface area contributed by atoms with Gasteiger partial charge in [-0.2, -0.15) is 0 Å². The van der Waals surface area contributed by atoms with Crippen LogP contribution in [0.15, 0.2) is 34.7 Å². The predicted octanol–water partition coefficient (Wildman–Crippen LogP) is 2.87. The van der Waals surface area contributed by atoms with E-state index in [-0.39, 0.29) is 17.9 Å². The maximum absolute atomic E-state index is 13.2. The zero-order valence-electron chi connectivity index (χ0n) is 15.2. The number of imide groups is 1. The molecular weight excluding hydrogens is 355 g/mol. The number of nitrogens with zero attached hydrogens (tertiary/aromatic N) is 1. The largest absolute Gasteiger partial charge is 0.465 e. The number of ether oxygens (including phenoxy) is 1. The molecule has 2 aromatic rings. The summed E-state index contributed by atoms with van der Waals surface area (Å²) in [6.07, 6.45) is 0.296. The van der Waals surface area contributed by atoms with E-state index < -0.39 is 29.3 Å². The smallest absolute Gasteiger partial charge is 0.341 e. The molecule has 0 radical (unpaired) electrons. The molecule has 1 atom stereocenters. The van der Waals surface area contributed by atoms with Gasteiger partial charge in [-0.1, -0.05) is 19.1 Å². The van der Waals surface area contributed by atoms with E-state index in [1.54, 1.807) is 13.8 Å². The van der Waals surface area contributed by atoms with Crippen molar-refractivity contribution in [1.29, 1.82) is 0 Å². The highest BCUT2D eigenvalue weighted by molar-refractivity contribution is 6.07. The Morgan fingerprint density at radius 3 is 2.56 bits per heavy atom. The molecule has 0 bridgehead atoms. The highest BCUT2D eigenvalue weighted by Crippen LogP contribution is 2.33. The first-order chi connectivity index (χ1) is 12.8. The minimum absolute atomic E-state index is 0.133. The second-order valence-electron chi connectivity index (χ2n) is 6.26. The van der Waals surface area contributed by atoms with Crippen LogP contribution in [0.5, 0.6) is 0 Å². The minimum Gasteiger partial charge on any atom is -0.465 e. The number of methoxy groups -OCH3 is 1. The molecule has 8 heteroatoms. The topological polar surface area (TPSA) is 88.8 Å². The molecule has 1 saturated heterocycles. The fourth-order valence-corrected chi connectivity index (χ4v) is 3.23. The van der Waals surface area contributed by atoms with Crippen LogP contribution in [0.1, 0.15) is 40.8 Å². The third-order valence-corrected chi connectivity index (χ3v) is 4.73. The van der Waals surface area contributed by atoms with Crippen LogP contribution < -0.4 is 5.32 Å². The van der Waals surface area contributed by atoms with Crippen molar-refractivity contribution >= 4 is 17.9 Å². The molecule has 0 unspecified atom stereocenters. The zero-order valence-corrected chi connectivity index (χ0v) is 15.2. The van der Waals surface area contributed by atoms with Gasteiger partial charge in [0, 0.05) is 0 Å². The second kappa shape index (κ2) is 6.86. The van der Waals surface area contributed by atoms with Gasteiger partial charge in [-0.25, -0.2) is 14.0 Å². The van der Waals surface area contributed by atoms with E-state index >= 15 is 0 Å². The Hall–Kier alpha value is -3.16. The molecule has 27 heavy (non-hydrogen) atoms. The zero-order chi connectivity index (χ0) is 19.8. The van der Waals surface area contributed by atoms with Crippen molar-refractivity contribution in [3.05, 3.63) is 58.8 Å². The van der Waals surface area contributed by atoms with Gasteiger partial charge >= 0.3 is 12.0 Å². The molecule has 2 heterocycles. The molecule has 3 amide bonds. The van der Waals surface area contributed by atoms with Crippen LogP contribution in [0.3, 0.4) is 0 Å².